The van der Waals surface area contributed by atoms with E-state index in [0.717, 1.165) is 7.11 Å². The van der Waals surface area contributed by atoms with Crippen molar-refractivity contribution in [3.8, 4) is 23.5 Å². The SMILES string of the molecule is COP(N)(=O)Oc1oc(-c2cc(Cl)cc(Cl)c2Cl)nc1C#N. The molecule has 1 unspecified atom stereocenters. The maximum atomic E-state index is 11.6. The Labute approximate surface area is 140 Å². The first-order valence-electron chi connectivity index (χ1n) is 5.47. The Morgan fingerprint density at radius 3 is 2.68 bits per heavy atom. The summed E-state index contributed by atoms with van der Waals surface area (Å²) in [4.78, 5) is 3.87. The van der Waals surface area contributed by atoms with Gasteiger partial charge in [-0.05, 0) is 12.1 Å². The molecule has 1 aromatic carbocycles. The highest BCUT2D eigenvalue weighted by Crippen LogP contribution is 2.43. The maximum absolute atomic E-state index is 11.6. The van der Waals surface area contributed by atoms with Crippen LogP contribution in [0.1, 0.15) is 5.69 Å². The molecule has 0 aliphatic carbocycles. The topological polar surface area (TPSA) is 111 Å². The fourth-order valence-electron chi connectivity index (χ4n) is 1.42. The number of aromatic nitrogens is 1. The monoisotopic (exact) mass is 381 g/mol. The van der Waals surface area contributed by atoms with Crippen molar-refractivity contribution in [2.75, 3.05) is 7.11 Å². The normalized spacial score (nSPS) is 13.5. The summed E-state index contributed by atoms with van der Waals surface area (Å²) >= 11 is 17.8. The van der Waals surface area contributed by atoms with E-state index in [1.165, 1.54) is 12.1 Å². The van der Waals surface area contributed by atoms with Gasteiger partial charge in [0.1, 0.15) is 6.07 Å². The Morgan fingerprint density at radius 1 is 1.41 bits per heavy atom. The lowest BCUT2D eigenvalue weighted by atomic mass is 10.2. The van der Waals surface area contributed by atoms with Crippen molar-refractivity contribution >= 4 is 42.5 Å². The third-order valence-electron chi connectivity index (χ3n) is 2.39. The zero-order valence-electron chi connectivity index (χ0n) is 10.8. The van der Waals surface area contributed by atoms with Gasteiger partial charge in [-0.2, -0.15) is 10.2 Å². The van der Waals surface area contributed by atoms with Crippen LogP contribution in [0.3, 0.4) is 0 Å². The number of benzene rings is 1. The van der Waals surface area contributed by atoms with Gasteiger partial charge in [0.2, 0.25) is 11.6 Å². The first-order chi connectivity index (χ1) is 10.3. The number of nitrogens with zero attached hydrogens (tertiary/aromatic N) is 2. The maximum Gasteiger partial charge on any atom is 0.458 e. The lowest BCUT2D eigenvalue weighted by Crippen LogP contribution is -2.04. The first-order valence-corrected chi connectivity index (χ1v) is 8.21. The molecule has 2 aromatic rings. The lowest BCUT2D eigenvalue weighted by Gasteiger charge is -2.08. The highest BCUT2D eigenvalue weighted by molar-refractivity contribution is 7.51. The molecular formula is C11H7Cl3N3O4P. The van der Waals surface area contributed by atoms with E-state index in [-0.39, 0.29) is 32.2 Å². The molecule has 0 bridgehead atoms. The molecule has 0 spiro atoms. The van der Waals surface area contributed by atoms with Crippen LogP contribution in [0.4, 0.5) is 0 Å². The van der Waals surface area contributed by atoms with Gasteiger partial charge in [0.25, 0.3) is 0 Å². The number of hydrogen-bond donors (Lipinski definition) is 1. The molecule has 0 radical (unpaired) electrons. The summed E-state index contributed by atoms with van der Waals surface area (Å²) in [6.07, 6.45) is 0. The molecule has 22 heavy (non-hydrogen) atoms. The molecule has 0 aliphatic heterocycles. The summed E-state index contributed by atoms with van der Waals surface area (Å²) in [5, 5.41) is 9.59. The zero-order chi connectivity index (χ0) is 16.5. The number of oxazole rings is 1. The van der Waals surface area contributed by atoms with Crippen LogP contribution in [0.25, 0.3) is 11.5 Å². The number of rotatable bonds is 4. The minimum atomic E-state index is -3.91. The Bertz CT molecular complexity index is 818. The molecule has 1 aromatic heterocycles. The number of hydrogen-bond acceptors (Lipinski definition) is 6. The quantitative estimate of drug-likeness (QED) is 0.621. The van der Waals surface area contributed by atoms with Crippen LogP contribution in [-0.4, -0.2) is 12.1 Å². The van der Waals surface area contributed by atoms with Crippen molar-refractivity contribution in [2.24, 2.45) is 5.50 Å². The predicted molar refractivity (Wildman–Crippen MR) is 81.1 cm³/mol. The first kappa shape index (κ1) is 17.1. The molecule has 0 saturated heterocycles. The molecule has 2 rings (SSSR count). The molecule has 0 aliphatic rings. The van der Waals surface area contributed by atoms with Crippen LogP contribution in [0.5, 0.6) is 5.95 Å². The fourth-order valence-corrected chi connectivity index (χ4v) is 2.53. The van der Waals surface area contributed by atoms with Crippen molar-refractivity contribution < 1.29 is 18.0 Å². The predicted octanol–water partition coefficient (Wildman–Crippen LogP) is 4.27. The molecule has 0 fully saturated rings. The van der Waals surface area contributed by atoms with Crippen LogP contribution in [-0.2, 0) is 9.09 Å². The molecule has 0 saturated carbocycles. The third-order valence-corrected chi connectivity index (χ3v) is 4.34. The summed E-state index contributed by atoms with van der Waals surface area (Å²) in [6, 6.07) is 4.58. The summed E-state index contributed by atoms with van der Waals surface area (Å²) in [6.45, 7) is 0. The van der Waals surface area contributed by atoms with Gasteiger partial charge in [0, 0.05) is 12.1 Å². The van der Waals surface area contributed by atoms with Crippen LogP contribution in [0.15, 0.2) is 16.5 Å². The number of halogens is 3. The van der Waals surface area contributed by atoms with E-state index >= 15 is 0 Å². The van der Waals surface area contributed by atoms with Crippen LogP contribution in [0, 0.1) is 11.3 Å². The van der Waals surface area contributed by atoms with Crippen molar-refractivity contribution in [1.29, 1.82) is 5.26 Å². The lowest BCUT2D eigenvalue weighted by molar-refractivity contribution is 0.292. The Hall–Kier alpha value is -1.26. The van der Waals surface area contributed by atoms with Gasteiger partial charge in [0.05, 0.1) is 15.6 Å². The van der Waals surface area contributed by atoms with E-state index in [1.54, 1.807) is 6.07 Å². The van der Waals surface area contributed by atoms with Crippen molar-refractivity contribution in [1.82, 2.24) is 4.98 Å². The Morgan fingerprint density at radius 2 is 2.09 bits per heavy atom. The van der Waals surface area contributed by atoms with Crippen LogP contribution >= 0.6 is 42.5 Å². The summed E-state index contributed by atoms with van der Waals surface area (Å²) in [5.41, 5.74) is 5.19. The van der Waals surface area contributed by atoms with E-state index < -0.39 is 13.7 Å². The van der Waals surface area contributed by atoms with Gasteiger partial charge in [0.15, 0.2) is 0 Å². The highest BCUT2D eigenvalue weighted by Gasteiger charge is 2.26. The molecule has 1 heterocycles. The van der Waals surface area contributed by atoms with Crippen molar-refractivity contribution in [3.63, 3.8) is 0 Å². The van der Waals surface area contributed by atoms with E-state index in [4.69, 9.17) is 54.5 Å². The smallest absolute Gasteiger partial charge is 0.404 e. The Kier molecular flexibility index (Phi) is 5.03. The fraction of sp³-hybridized carbons (Fsp3) is 0.0909. The molecule has 0 amide bonds. The van der Waals surface area contributed by atoms with Crippen LogP contribution in [0.2, 0.25) is 15.1 Å². The minimum Gasteiger partial charge on any atom is -0.404 e. The average molecular weight is 383 g/mol. The largest absolute Gasteiger partial charge is 0.458 e. The molecule has 11 heteroatoms. The van der Waals surface area contributed by atoms with E-state index in [0.29, 0.717) is 0 Å². The van der Waals surface area contributed by atoms with Crippen molar-refractivity contribution in [2.45, 2.75) is 0 Å². The number of nitriles is 1. The summed E-state index contributed by atoms with van der Waals surface area (Å²) < 4.78 is 26.1. The van der Waals surface area contributed by atoms with E-state index in [2.05, 4.69) is 9.51 Å². The molecule has 116 valence electrons. The second-order valence-electron chi connectivity index (χ2n) is 3.83. The minimum absolute atomic E-state index is 0.1000. The molecule has 1 atom stereocenters. The second-order valence-corrected chi connectivity index (χ2v) is 6.68. The van der Waals surface area contributed by atoms with Crippen molar-refractivity contribution in [3.05, 3.63) is 32.9 Å². The second kappa shape index (κ2) is 6.47. The summed E-state index contributed by atoms with van der Waals surface area (Å²) in [7, 11) is -2.83. The van der Waals surface area contributed by atoms with Gasteiger partial charge >= 0.3 is 13.7 Å². The molecule has 2 N–H and O–H groups in total. The van der Waals surface area contributed by atoms with Crippen LogP contribution < -0.4 is 10.0 Å². The zero-order valence-corrected chi connectivity index (χ0v) is 14.0. The molecular weight excluding hydrogens is 375 g/mol. The van der Waals surface area contributed by atoms with Gasteiger partial charge in [-0.25, -0.2) is 10.1 Å². The van der Waals surface area contributed by atoms with Gasteiger partial charge in [-0.3, -0.25) is 4.52 Å². The van der Waals surface area contributed by atoms with Gasteiger partial charge < -0.3 is 8.94 Å². The number of nitrogens with two attached hydrogens (primary N) is 1. The summed E-state index contributed by atoms with van der Waals surface area (Å²) in [5.74, 6) is -0.561. The average Bonchev–Trinajstić information content (AvgIpc) is 2.84. The van der Waals surface area contributed by atoms with Gasteiger partial charge in [-0.15, -0.1) is 0 Å². The Balaban J connectivity index is 2.54. The van der Waals surface area contributed by atoms with E-state index in [1.807, 2.05) is 0 Å². The van der Waals surface area contributed by atoms with E-state index in [9.17, 15) is 4.57 Å². The molecule has 7 nitrogen and oxygen atoms in total. The highest BCUT2D eigenvalue weighted by atomic mass is 35.5. The third kappa shape index (κ3) is 3.55. The standard InChI is InChI=1S/C11H7Cl3N3O4P/c1-19-22(16,18)21-11-8(4-15)17-10(20-11)6-2-5(12)3-7(13)9(6)14/h2-3H,1H3,(H2,16,18). The van der Waals surface area contributed by atoms with Gasteiger partial charge in [-0.1, -0.05) is 34.8 Å².